The van der Waals surface area contributed by atoms with E-state index in [1.54, 1.807) is 0 Å². The van der Waals surface area contributed by atoms with Crippen LogP contribution in [0.5, 0.6) is 0 Å². The number of phosphoric ester groups is 1. The number of nitrogens with one attached hydrogen (secondary N) is 1. The normalized spacial score (nSPS) is 30.7. The molecule has 10 N–H and O–H groups in total. The van der Waals surface area contributed by atoms with Crippen LogP contribution in [0.15, 0.2) is 4.99 Å². The molecule has 1 saturated heterocycles. The van der Waals surface area contributed by atoms with Crippen molar-refractivity contribution in [1.29, 1.82) is 5.41 Å². The van der Waals surface area contributed by atoms with Gasteiger partial charge in [0, 0.05) is 6.21 Å². The summed E-state index contributed by atoms with van der Waals surface area (Å²) in [6.07, 6.45) is -5.33. The van der Waals surface area contributed by atoms with Gasteiger partial charge in [-0.25, -0.2) is 13.7 Å². The van der Waals surface area contributed by atoms with Gasteiger partial charge in [0.05, 0.1) is 19.1 Å². The molecule has 1 rings (SSSR count). The average Bonchev–Trinajstić information content (AvgIpc) is 2.78. The van der Waals surface area contributed by atoms with Crippen molar-refractivity contribution in [3.05, 3.63) is 0 Å². The number of rotatable bonds is 11. The van der Waals surface area contributed by atoms with Gasteiger partial charge in [-0.05, 0) is 0 Å². The maximum absolute atomic E-state index is 11.6. The first-order valence-corrected chi connectivity index (χ1v) is 11.9. The Morgan fingerprint density at radius 1 is 1.14 bits per heavy atom. The molecule has 7 unspecified atom stereocenters. The monoisotopic (exact) mass is 487 g/mol. The molecule has 0 aromatic heterocycles. The Morgan fingerprint density at radius 2 is 1.72 bits per heavy atom. The Hall–Kier alpha value is -0.610. The molecule has 7 atom stereocenters. The van der Waals surface area contributed by atoms with Gasteiger partial charge in [0.25, 0.3) is 0 Å². The molecule has 1 aliphatic heterocycles. The van der Waals surface area contributed by atoms with Gasteiger partial charge in [0.1, 0.15) is 24.1 Å². The lowest BCUT2D eigenvalue weighted by Crippen LogP contribution is -2.34. The number of aliphatic hydroxyl groups excluding tert-OH is 3. The average molecular weight is 487 g/mol. The molecule has 29 heavy (non-hydrogen) atoms. The molecule has 0 bridgehead atoms. The second-order valence-corrected chi connectivity index (χ2v) is 9.90. The summed E-state index contributed by atoms with van der Waals surface area (Å²) in [6, 6.07) is 0. The van der Waals surface area contributed by atoms with Crippen LogP contribution in [0.2, 0.25) is 0 Å². The maximum Gasteiger partial charge on any atom is 0.490 e. The van der Waals surface area contributed by atoms with E-state index >= 15 is 0 Å². The lowest BCUT2D eigenvalue weighted by atomic mass is 10.1. The quantitative estimate of drug-likeness (QED) is 0.0819. The van der Waals surface area contributed by atoms with Gasteiger partial charge in [-0.15, -0.1) is 0 Å². The molecule has 1 aliphatic rings. The van der Waals surface area contributed by atoms with Gasteiger partial charge in [-0.1, -0.05) is 0 Å². The fourth-order valence-corrected chi connectivity index (χ4v) is 4.91. The highest BCUT2D eigenvalue weighted by atomic mass is 31.3. The maximum atomic E-state index is 11.6. The highest BCUT2D eigenvalue weighted by molar-refractivity contribution is 7.66. The van der Waals surface area contributed by atoms with E-state index in [0.29, 0.717) is 0 Å². The fourth-order valence-electron chi connectivity index (χ4n) is 1.88. The number of aliphatic hydroxyl groups is 3. The van der Waals surface area contributed by atoms with E-state index in [0.717, 1.165) is 6.21 Å². The van der Waals surface area contributed by atoms with Crippen molar-refractivity contribution >= 4 is 35.5 Å². The van der Waals surface area contributed by atoms with Crippen LogP contribution in [0.4, 0.5) is 0 Å². The highest BCUT2D eigenvalue weighted by Gasteiger charge is 2.45. The van der Waals surface area contributed by atoms with E-state index in [2.05, 4.69) is 18.1 Å². The number of amidine groups is 1. The Morgan fingerprint density at radius 3 is 2.21 bits per heavy atom. The van der Waals surface area contributed by atoms with E-state index in [1.807, 2.05) is 0 Å². The van der Waals surface area contributed by atoms with Gasteiger partial charge < -0.3 is 45.4 Å². The highest BCUT2D eigenvalue weighted by Crippen LogP contribution is 2.66. The largest absolute Gasteiger partial charge is 0.490 e. The van der Waals surface area contributed by atoms with Crippen LogP contribution in [0.3, 0.4) is 0 Å². The number of ether oxygens (including phenoxy) is 1. The van der Waals surface area contributed by atoms with Crippen molar-refractivity contribution in [2.24, 2.45) is 16.6 Å². The van der Waals surface area contributed by atoms with Crippen molar-refractivity contribution in [2.45, 2.75) is 24.5 Å². The van der Waals surface area contributed by atoms with Gasteiger partial charge in [-0.3, -0.25) is 14.9 Å². The van der Waals surface area contributed by atoms with Crippen LogP contribution in [0.25, 0.3) is 0 Å². The van der Waals surface area contributed by atoms with Crippen molar-refractivity contribution in [3.63, 3.8) is 0 Å². The number of nitrogens with zero attached hydrogens (tertiary/aromatic N) is 1. The minimum atomic E-state index is -5.70. The zero-order chi connectivity index (χ0) is 22.6. The predicted octanol–water partition coefficient (Wildman–Crippen LogP) is -2.61. The number of aliphatic imine (C=N–C) groups is 1. The summed E-state index contributed by atoms with van der Waals surface area (Å²) in [7, 11) is -16.7. The summed E-state index contributed by atoms with van der Waals surface area (Å²) in [5.41, 5.74) is 5.19. The molecular weight excluding hydrogens is 467 g/mol. The molecule has 0 saturated carbocycles. The van der Waals surface area contributed by atoms with Crippen LogP contribution in [-0.4, -0.2) is 84.7 Å². The van der Waals surface area contributed by atoms with E-state index in [9.17, 15) is 28.8 Å². The van der Waals surface area contributed by atoms with Crippen LogP contribution in [0, 0.1) is 11.3 Å². The van der Waals surface area contributed by atoms with Crippen LogP contribution in [-0.2, 0) is 31.6 Å². The molecule has 17 nitrogen and oxygen atoms in total. The summed E-state index contributed by atoms with van der Waals surface area (Å²) in [5.74, 6) is -1.43. The summed E-state index contributed by atoms with van der Waals surface area (Å²) in [6.45, 7) is -1.57. The first-order chi connectivity index (χ1) is 13.1. The number of hydrogen-bond donors (Lipinski definition) is 9. The molecule has 0 aliphatic carbocycles. The first-order valence-electron chi connectivity index (χ1n) is 7.35. The molecular formula is C9H20N3O14P3. The molecule has 0 amide bonds. The lowest BCUT2D eigenvalue weighted by Gasteiger charge is -2.18. The summed E-state index contributed by atoms with van der Waals surface area (Å²) < 4.78 is 49.8. The predicted molar refractivity (Wildman–Crippen MR) is 91.5 cm³/mol. The Labute approximate surface area is 162 Å². The smallest absolute Gasteiger partial charge is 0.395 e. The van der Waals surface area contributed by atoms with Gasteiger partial charge in [0.15, 0.2) is 6.23 Å². The molecule has 170 valence electrons. The second-order valence-electron chi connectivity index (χ2n) is 5.48. The fraction of sp³-hybridized carbons (Fsp3) is 0.778. The molecule has 1 heterocycles. The Kier molecular flexibility index (Phi) is 9.23. The molecule has 0 spiro atoms. The van der Waals surface area contributed by atoms with Gasteiger partial charge in [-0.2, -0.15) is 8.62 Å². The summed E-state index contributed by atoms with van der Waals surface area (Å²) in [4.78, 5) is 38.9. The topological polar surface area (TPSA) is 292 Å². The molecule has 0 aromatic rings. The van der Waals surface area contributed by atoms with Crippen LogP contribution >= 0.6 is 23.5 Å². The van der Waals surface area contributed by atoms with Gasteiger partial charge in [0.2, 0.25) is 0 Å². The van der Waals surface area contributed by atoms with E-state index in [-0.39, 0.29) is 0 Å². The van der Waals surface area contributed by atoms with Crippen molar-refractivity contribution in [2.75, 3.05) is 13.2 Å². The van der Waals surface area contributed by atoms with Crippen LogP contribution in [0.1, 0.15) is 0 Å². The summed E-state index contributed by atoms with van der Waals surface area (Å²) in [5, 5.41) is 35.9. The zero-order valence-corrected chi connectivity index (χ0v) is 16.9. The van der Waals surface area contributed by atoms with Crippen LogP contribution < -0.4 is 5.73 Å². The minimum Gasteiger partial charge on any atom is -0.395 e. The molecule has 0 radical (unpaired) electrons. The summed E-state index contributed by atoms with van der Waals surface area (Å²) >= 11 is 0. The van der Waals surface area contributed by atoms with Crippen molar-refractivity contribution in [3.8, 4) is 0 Å². The van der Waals surface area contributed by atoms with Crippen molar-refractivity contribution in [1.82, 2.24) is 0 Å². The third-order valence-electron chi connectivity index (χ3n) is 3.16. The van der Waals surface area contributed by atoms with Crippen molar-refractivity contribution < 1.29 is 66.5 Å². The Bertz CT molecular complexity index is 756. The molecule has 20 heteroatoms. The minimum absolute atomic E-state index is 0.437. The standard InChI is InChI=1S/C9H20N3O14P3/c10-8(11)4(2-13)1-12-9-7(15)6(14)5(24-9)3-23-28(19,20)26-29(21,22)25-27(16,17)18/h1,4-7,9,13-15H,2-3H2,(H3,10,11)(H,19,20)(H,21,22)(H2,16,17,18). The molecule has 1 fully saturated rings. The lowest BCUT2D eigenvalue weighted by molar-refractivity contribution is -0.0189. The first kappa shape index (κ1) is 26.4. The van der Waals surface area contributed by atoms with E-state index in [1.165, 1.54) is 0 Å². The second kappa shape index (κ2) is 10.1. The Balaban J connectivity index is 2.71. The number of phosphoric acid groups is 3. The number of hydrogen-bond acceptors (Lipinski definition) is 12. The molecule has 0 aromatic carbocycles. The zero-order valence-electron chi connectivity index (χ0n) is 14.2. The van der Waals surface area contributed by atoms with E-state index in [4.69, 9.17) is 35.7 Å². The third kappa shape index (κ3) is 8.96. The van der Waals surface area contributed by atoms with E-state index < -0.39 is 73.0 Å². The number of nitrogens with two attached hydrogens (primary N) is 1. The third-order valence-corrected chi connectivity index (χ3v) is 6.97. The SMILES string of the molecule is N=C(N)C(C=NC1OC(COP(=O)(O)OP(=O)(O)OP(=O)(O)O)C(O)C1O)CO. The van der Waals surface area contributed by atoms with Gasteiger partial charge >= 0.3 is 23.5 Å².